The predicted molar refractivity (Wildman–Crippen MR) is 116 cm³/mol. The van der Waals surface area contributed by atoms with Gasteiger partial charge in [-0.3, -0.25) is 9.59 Å². The topological polar surface area (TPSA) is 80.1 Å². The van der Waals surface area contributed by atoms with Gasteiger partial charge in [0, 0.05) is 23.1 Å². The van der Waals surface area contributed by atoms with E-state index in [1.54, 1.807) is 54.3 Å². The molecule has 1 aliphatic rings. The molecule has 0 bridgehead atoms. The Hall–Kier alpha value is -2.90. The summed E-state index contributed by atoms with van der Waals surface area (Å²) in [6, 6.07) is 11.9. The monoisotopic (exact) mass is 443 g/mol. The zero-order valence-electron chi connectivity index (χ0n) is 16.2. The number of benzene rings is 2. The lowest BCUT2D eigenvalue weighted by atomic mass is 10.1. The number of rotatable bonds is 4. The lowest BCUT2D eigenvalue weighted by molar-refractivity contribution is 0.0794. The van der Waals surface area contributed by atoms with Gasteiger partial charge < -0.3 is 10.2 Å². The van der Waals surface area contributed by atoms with Gasteiger partial charge in [-0.05, 0) is 56.2 Å². The zero-order valence-corrected chi connectivity index (χ0v) is 17.7. The normalized spacial score (nSPS) is 13.5. The van der Waals surface area contributed by atoms with E-state index in [9.17, 15) is 9.59 Å². The molecule has 1 saturated heterocycles. The summed E-state index contributed by atoms with van der Waals surface area (Å²) in [5.41, 5.74) is 1.98. The van der Waals surface area contributed by atoms with Crippen molar-refractivity contribution in [2.45, 2.75) is 19.8 Å². The molecule has 2 aromatic carbocycles. The summed E-state index contributed by atoms with van der Waals surface area (Å²) < 4.78 is 0. The molecule has 0 aliphatic carbocycles. The van der Waals surface area contributed by atoms with Gasteiger partial charge in [-0.15, -0.1) is 5.10 Å². The quantitative estimate of drug-likeness (QED) is 0.648. The zero-order chi connectivity index (χ0) is 21.3. The number of nitrogens with zero attached hydrogens (tertiary/aromatic N) is 4. The largest absolute Gasteiger partial charge is 0.339 e. The van der Waals surface area contributed by atoms with E-state index in [2.05, 4.69) is 15.5 Å². The molecular formula is C21H19Cl2N5O2. The van der Waals surface area contributed by atoms with Gasteiger partial charge in [0.25, 0.3) is 11.8 Å². The highest BCUT2D eigenvalue weighted by molar-refractivity contribution is 6.31. The molecule has 154 valence electrons. The molecule has 7 nitrogen and oxygen atoms in total. The van der Waals surface area contributed by atoms with E-state index < -0.39 is 5.91 Å². The van der Waals surface area contributed by atoms with E-state index in [0.29, 0.717) is 45.8 Å². The van der Waals surface area contributed by atoms with Crippen LogP contribution in [-0.2, 0) is 0 Å². The Morgan fingerprint density at radius 1 is 1.00 bits per heavy atom. The maximum absolute atomic E-state index is 12.9. The molecule has 2 amide bonds. The van der Waals surface area contributed by atoms with Crippen LogP contribution in [0.2, 0.25) is 10.0 Å². The SMILES string of the molecule is Cc1nn(-c2cccc(Cl)c2)nc1C(=O)Nc1cc(Cl)ccc1C(=O)N1CCCC1. The average molecular weight is 444 g/mol. The summed E-state index contributed by atoms with van der Waals surface area (Å²) in [6.07, 6.45) is 1.96. The van der Waals surface area contributed by atoms with Crippen molar-refractivity contribution in [2.24, 2.45) is 0 Å². The van der Waals surface area contributed by atoms with Crippen molar-refractivity contribution < 1.29 is 9.59 Å². The Balaban J connectivity index is 1.61. The van der Waals surface area contributed by atoms with Crippen LogP contribution in [0.3, 0.4) is 0 Å². The molecule has 0 saturated carbocycles. The molecule has 1 fully saturated rings. The van der Waals surface area contributed by atoms with Crippen LogP contribution in [0.1, 0.15) is 39.4 Å². The Labute approximate surface area is 183 Å². The molecule has 0 unspecified atom stereocenters. The van der Waals surface area contributed by atoms with Gasteiger partial charge >= 0.3 is 0 Å². The van der Waals surface area contributed by atoms with E-state index >= 15 is 0 Å². The van der Waals surface area contributed by atoms with Crippen molar-refractivity contribution in [1.29, 1.82) is 0 Å². The molecule has 9 heteroatoms. The predicted octanol–water partition coefficient (Wildman–Crippen LogP) is 4.37. The van der Waals surface area contributed by atoms with Crippen LogP contribution in [0, 0.1) is 6.92 Å². The first-order valence-corrected chi connectivity index (χ1v) is 10.3. The molecule has 0 radical (unpaired) electrons. The summed E-state index contributed by atoms with van der Waals surface area (Å²) in [4.78, 5) is 28.9. The van der Waals surface area contributed by atoms with Gasteiger partial charge in [0.2, 0.25) is 0 Å². The van der Waals surface area contributed by atoms with Gasteiger partial charge in [-0.1, -0.05) is 29.3 Å². The van der Waals surface area contributed by atoms with Crippen LogP contribution in [0.4, 0.5) is 5.69 Å². The highest BCUT2D eigenvalue weighted by Crippen LogP contribution is 2.25. The Morgan fingerprint density at radius 2 is 1.73 bits per heavy atom. The Morgan fingerprint density at radius 3 is 2.47 bits per heavy atom. The second kappa shape index (κ2) is 8.45. The molecule has 1 N–H and O–H groups in total. The molecule has 2 heterocycles. The van der Waals surface area contributed by atoms with Crippen LogP contribution in [0.15, 0.2) is 42.5 Å². The van der Waals surface area contributed by atoms with Crippen LogP contribution in [0.5, 0.6) is 0 Å². The second-order valence-corrected chi connectivity index (χ2v) is 7.92. The summed E-state index contributed by atoms with van der Waals surface area (Å²) >= 11 is 12.2. The Bertz CT molecular complexity index is 1120. The van der Waals surface area contributed by atoms with Gasteiger partial charge in [-0.2, -0.15) is 9.90 Å². The fourth-order valence-electron chi connectivity index (χ4n) is 3.38. The molecule has 0 spiro atoms. The minimum absolute atomic E-state index is 0.126. The molecule has 1 aliphatic heterocycles. The lowest BCUT2D eigenvalue weighted by Gasteiger charge is -2.18. The van der Waals surface area contributed by atoms with Crippen LogP contribution < -0.4 is 5.32 Å². The third kappa shape index (κ3) is 4.17. The van der Waals surface area contributed by atoms with Crippen molar-refractivity contribution in [3.05, 3.63) is 69.5 Å². The summed E-state index contributed by atoms with van der Waals surface area (Å²) in [7, 11) is 0. The summed E-state index contributed by atoms with van der Waals surface area (Å²) in [6.45, 7) is 3.11. The summed E-state index contributed by atoms with van der Waals surface area (Å²) in [5, 5.41) is 12.3. The number of carbonyl (C=O) groups excluding carboxylic acids is 2. The first-order valence-electron chi connectivity index (χ1n) is 9.52. The van der Waals surface area contributed by atoms with Crippen molar-refractivity contribution in [1.82, 2.24) is 19.9 Å². The van der Waals surface area contributed by atoms with Crippen molar-refractivity contribution in [3.8, 4) is 5.69 Å². The number of hydrogen-bond donors (Lipinski definition) is 1. The van der Waals surface area contributed by atoms with Gasteiger partial charge in [0.1, 0.15) is 0 Å². The lowest BCUT2D eigenvalue weighted by Crippen LogP contribution is -2.29. The third-order valence-corrected chi connectivity index (χ3v) is 5.36. The van der Waals surface area contributed by atoms with Gasteiger partial charge in [0.15, 0.2) is 5.69 Å². The first-order chi connectivity index (χ1) is 14.4. The van der Waals surface area contributed by atoms with Gasteiger partial charge in [-0.25, -0.2) is 0 Å². The maximum atomic E-state index is 12.9. The van der Waals surface area contributed by atoms with Crippen molar-refractivity contribution in [2.75, 3.05) is 18.4 Å². The van der Waals surface area contributed by atoms with E-state index in [-0.39, 0.29) is 11.6 Å². The highest BCUT2D eigenvalue weighted by Gasteiger charge is 2.24. The number of amides is 2. The average Bonchev–Trinajstić information content (AvgIpc) is 3.37. The van der Waals surface area contributed by atoms with Crippen LogP contribution in [-0.4, -0.2) is 44.8 Å². The number of aryl methyl sites for hydroxylation is 1. The number of carbonyl (C=O) groups is 2. The number of hydrogen-bond acceptors (Lipinski definition) is 4. The van der Waals surface area contributed by atoms with Crippen LogP contribution >= 0.6 is 23.2 Å². The molecule has 1 aromatic heterocycles. The van der Waals surface area contributed by atoms with Crippen LogP contribution in [0.25, 0.3) is 5.69 Å². The molecule has 0 atom stereocenters. The molecule has 3 aromatic rings. The van der Waals surface area contributed by atoms with E-state index in [4.69, 9.17) is 23.2 Å². The number of nitrogens with one attached hydrogen (secondary N) is 1. The van der Waals surface area contributed by atoms with E-state index in [0.717, 1.165) is 12.8 Å². The van der Waals surface area contributed by atoms with Crippen molar-refractivity contribution >= 4 is 40.7 Å². The number of anilines is 1. The van der Waals surface area contributed by atoms with Crippen molar-refractivity contribution in [3.63, 3.8) is 0 Å². The minimum Gasteiger partial charge on any atom is -0.339 e. The molecule has 30 heavy (non-hydrogen) atoms. The van der Waals surface area contributed by atoms with E-state index in [1.165, 1.54) is 4.80 Å². The highest BCUT2D eigenvalue weighted by atomic mass is 35.5. The molecule has 4 rings (SSSR count). The van der Waals surface area contributed by atoms with Gasteiger partial charge in [0.05, 0.1) is 22.6 Å². The first kappa shape index (κ1) is 20.4. The van der Waals surface area contributed by atoms with E-state index in [1.807, 2.05) is 0 Å². The smallest absolute Gasteiger partial charge is 0.278 e. The number of aromatic nitrogens is 3. The standard InChI is InChI=1S/C21H19Cl2N5O2/c1-13-19(26-28(25-13)16-6-4-5-14(22)11-16)20(29)24-18-12-15(23)7-8-17(18)21(30)27-9-2-3-10-27/h4-8,11-12H,2-3,9-10H2,1H3,(H,24,29). The third-order valence-electron chi connectivity index (χ3n) is 4.89. The fourth-order valence-corrected chi connectivity index (χ4v) is 3.74. The molecular weight excluding hydrogens is 425 g/mol. The number of halogens is 2. The number of likely N-dealkylation sites (tertiary alicyclic amines) is 1. The fraction of sp³-hybridized carbons (Fsp3) is 0.238. The second-order valence-electron chi connectivity index (χ2n) is 7.05. The minimum atomic E-state index is -0.474. The summed E-state index contributed by atoms with van der Waals surface area (Å²) in [5.74, 6) is -0.600. The maximum Gasteiger partial charge on any atom is 0.278 e. The Kier molecular flexibility index (Phi) is 5.74.